The van der Waals surface area contributed by atoms with Crippen LogP contribution in [0.25, 0.3) is 11.1 Å². The fourth-order valence-electron chi connectivity index (χ4n) is 3.04. The van der Waals surface area contributed by atoms with Gasteiger partial charge >= 0.3 is 5.76 Å². The molecule has 3 rings (SSSR count). The maximum atomic E-state index is 12.5. The van der Waals surface area contributed by atoms with Crippen molar-refractivity contribution in [2.24, 2.45) is 0 Å². The molecule has 1 amide bonds. The molecule has 1 unspecified atom stereocenters. The van der Waals surface area contributed by atoms with Crippen LogP contribution in [-0.4, -0.2) is 24.1 Å². The first kappa shape index (κ1) is 17.8. The van der Waals surface area contributed by atoms with Crippen LogP contribution >= 0.6 is 0 Å². The molecule has 6 heteroatoms. The minimum atomic E-state index is -0.662. The van der Waals surface area contributed by atoms with Crippen LogP contribution in [-0.2, 0) is 11.2 Å². The fraction of sp³-hybridized carbons (Fsp3) is 0.300. The summed E-state index contributed by atoms with van der Waals surface area (Å²) in [5.74, 6) is 0.0365. The van der Waals surface area contributed by atoms with Crippen molar-refractivity contribution in [3.05, 3.63) is 64.1 Å². The van der Waals surface area contributed by atoms with Crippen LogP contribution in [0, 0.1) is 6.92 Å². The number of rotatable bonds is 6. The largest absolute Gasteiger partial charge is 0.496 e. The van der Waals surface area contributed by atoms with Crippen LogP contribution in [0.5, 0.6) is 5.75 Å². The number of carbonyl (C=O) groups is 1. The Labute approximate surface area is 151 Å². The Morgan fingerprint density at radius 1 is 1.27 bits per heavy atom. The summed E-state index contributed by atoms with van der Waals surface area (Å²) in [7, 11) is 1.63. The Kier molecular flexibility index (Phi) is 5.11. The molecule has 6 nitrogen and oxygen atoms in total. The normalized spacial score (nSPS) is 12.1. The predicted octanol–water partition coefficient (Wildman–Crippen LogP) is 2.83. The molecule has 0 radical (unpaired) electrons. The van der Waals surface area contributed by atoms with Gasteiger partial charge in [-0.3, -0.25) is 9.36 Å². The third-order valence-corrected chi connectivity index (χ3v) is 4.41. The lowest BCUT2D eigenvalue weighted by atomic mass is 10.1. The average Bonchev–Trinajstić information content (AvgIpc) is 2.97. The molecule has 136 valence electrons. The molecule has 2 aromatic carbocycles. The smallest absolute Gasteiger partial charge is 0.420 e. The molecule has 0 spiro atoms. The lowest BCUT2D eigenvalue weighted by Crippen LogP contribution is -2.35. The van der Waals surface area contributed by atoms with Gasteiger partial charge in [0.25, 0.3) is 0 Å². The number of carbonyl (C=O) groups excluding carboxylic acids is 1. The van der Waals surface area contributed by atoms with Gasteiger partial charge in [0.1, 0.15) is 11.8 Å². The molecule has 3 aromatic rings. The molecule has 1 atom stereocenters. The van der Waals surface area contributed by atoms with Gasteiger partial charge in [0.2, 0.25) is 5.91 Å². The quantitative estimate of drug-likeness (QED) is 0.739. The topological polar surface area (TPSA) is 73.5 Å². The van der Waals surface area contributed by atoms with E-state index in [2.05, 4.69) is 5.32 Å². The van der Waals surface area contributed by atoms with E-state index in [4.69, 9.17) is 9.15 Å². The first-order valence-electron chi connectivity index (χ1n) is 8.52. The predicted molar refractivity (Wildman–Crippen MR) is 99.6 cm³/mol. The lowest BCUT2D eigenvalue weighted by Gasteiger charge is -2.14. The number of aromatic nitrogens is 1. The van der Waals surface area contributed by atoms with Gasteiger partial charge in [0, 0.05) is 6.54 Å². The van der Waals surface area contributed by atoms with E-state index in [1.807, 2.05) is 31.2 Å². The van der Waals surface area contributed by atoms with Gasteiger partial charge in [0.15, 0.2) is 5.58 Å². The molecular weight excluding hydrogens is 332 g/mol. The van der Waals surface area contributed by atoms with E-state index in [-0.39, 0.29) is 5.91 Å². The van der Waals surface area contributed by atoms with Crippen molar-refractivity contribution >= 4 is 17.0 Å². The first-order chi connectivity index (χ1) is 12.5. The van der Waals surface area contributed by atoms with Gasteiger partial charge in [-0.2, -0.15) is 0 Å². The highest BCUT2D eigenvalue weighted by atomic mass is 16.5. The molecule has 1 N–H and O–H groups in total. The van der Waals surface area contributed by atoms with Gasteiger partial charge < -0.3 is 14.5 Å². The number of methoxy groups -OCH3 is 1. The van der Waals surface area contributed by atoms with Crippen LogP contribution in [0.3, 0.4) is 0 Å². The monoisotopic (exact) mass is 354 g/mol. The van der Waals surface area contributed by atoms with Crippen molar-refractivity contribution < 1.29 is 13.9 Å². The zero-order valence-electron chi connectivity index (χ0n) is 15.1. The molecule has 0 bridgehead atoms. The highest BCUT2D eigenvalue weighted by Crippen LogP contribution is 2.20. The first-order valence-corrected chi connectivity index (χ1v) is 8.52. The third-order valence-electron chi connectivity index (χ3n) is 4.41. The van der Waals surface area contributed by atoms with E-state index < -0.39 is 11.8 Å². The van der Waals surface area contributed by atoms with Crippen molar-refractivity contribution in [3.8, 4) is 5.75 Å². The van der Waals surface area contributed by atoms with Crippen molar-refractivity contribution in [1.29, 1.82) is 0 Å². The van der Waals surface area contributed by atoms with Crippen LogP contribution in [0.4, 0.5) is 0 Å². The summed E-state index contributed by atoms with van der Waals surface area (Å²) in [6, 6.07) is 12.4. The van der Waals surface area contributed by atoms with Gasteiger partial charge in [-0.15, -0.1) is 0 Å². The molecule has 0 fully saturated rings. The highest BCUT2D eigenvalue weighted by molar-refractivity contribution is 5.82. The number of hydrogen-bond acceptors (Lipinski definition) is 4. The Morgan fingerprint density at radius 2 is 2.04 bits per heavy atom. The maximum absolute atomic E-state index is 12.5. The number of para-hydroxylation sites is 2. The number of hydrogen-bond donors (Lipinski definition) is 1. The Hall–Kier alpha value is -3.02. The van der Waals surface area contributed by atoms with Gasteiger partial charge in [-0.25, -0.2) is 4.79 Å². The van der Waals surface area contributed by atoms with Crippen LogP contribution < -0.4 is 15.8 Å². The second-order valence-corrected chi connectivity index (χ2v) is 6.24. The van der Waals surface area contributed by atoms with Gasteiger partial charge in [-0.05, 0) is 44.0 Å². The zero-order valence-corrected chi connectivity index (χ0v) is 15.1. The molecular formula is C20H22N2O4. The lowest BCUT2D eigenvalue weighted by molar-refractivity contribution is -0.123. The molecule has 0 aliphatic carbocycles. The minimum absolute atomic E-state index is 0.231. The Balaban J connectivity index is 1.69. The summed E-state index contributed by atoms with van der Waals surface area (Å²) in [5, 5.41) is 2.89. The van der Waals surface area contributed by atoms with E-state index >= 15 is 0 Å². The standard InChI is InChI=1S/C20H22N2O4/c1-13-8-9-17(25-3)15(12-13)10-11-21-19(23)14(2)22-16-6-4-5-7-18(16)26-20(22)24/h4-9,12,14H,10-11H2,1-3H3,(H,21,23). The summed E-state index contributed by atoms with van der Waals surface area (Å²) >= 11 is 0. The number of oxazole rings is 1. The molecule has 26 heavy (non-hydrogen) atoms. The van der Waals surface area contributed by atoms with Crippen molar-refractivity contribution in [3.63, 3.8) is 0 Å². The number of aryl methyl sites for hydroxylation is 1. The Morgan fingerprint density at radius 3 is 2.81 bits per heavy atom. The third kappa shape index (κ3) is 3.49. The van der Waals surface area contributed by atoms with Crippen molar-refractivity contribution in [2.45, 2.75) is 26.3 Å². The minimum Gasteiger partial charge on any atom is -0.496 e. The number of amides is 1. The molecule has 0 aliphatic rings. The number of ether oxygens (including phenoxy) is 1. The Bertz CT molecular complexity index is 987. The van der Waals surface area contributed by atoms with Crippen molar-refractivity contribution in [1.82, 2.24) is 9.88 Å². The SMILES string of the molecule is COc1ccc(C)cc1CCNC(=O)C(C)n1c(=O)oc2ccccc21. The summed E-state index contributed by atoms with van der Waals surface area (Å²) in [4.78, 5) is 24.6. The van der Waals surface area contributed by atoms with Crippen molar-refractivity contribution in [2.75, 3.05) is 13.7 Å². The molecule has 0 saturated carbocycles. The van der Waals surface area contributed by atoms with Crippen LogP contribution in [0.1, 0.15) is 24.1 Å². The van der Waals surface area contributed by atoms with Crippen LogP contribution in [0.15, 0.2) is 51.7 Å². The summed E-state index contributed by atoms with van der Waals surface area (Å²) < 4.78 is 11.9. The van der Waals surface area contributed by atoms with E-state index in [1.54, 1.807) is 32.2 Å². The molecule has 0 saturated heterocycles. The van der Waals surface area contributed by atoms with E-state index in [0.717, 1.165) is 16.9 Å². The summed E-state index contributed by atoms with van der Waals surface area (Å²) in [6.45, 7) is 4.15. The van der Waals surface area contributed by atoms with Crippen LogP contribution in [0.2, 0.25) is 0 Å². The second kappa shape index (κ2) is 7.47. The molecule has 1 heterocycles. The fourth-order valence-corrected chi connectivity index (χ4v) is 3.04. The molecule has 1 aromatic heterocycles. The number of fused-ring (bicyclic) bond motifs is 1. The number of nitrogens with zero attached hydrogens (tertiary/aromatic N) is 1. The van der Waals surface area contributed by atoms with E-state index in [9.17, 15) is 9.59 Å². The second-order valence-electron chi connectivity index (χ2n) is 6.24. The number of benzene rings is 2. The zero-order chi connectivity index (χ0) is 18.7. The summed E-state index contributed by atoms with van der Waals surface area (Å²) in [5.41, 5.74) is 3.26. The maximum Gasteiger partial charge on any atom is 0.420 e. The number of nitrogens with one attached hydrogen (secondary N) is 1. The highest BCUT2D eigenvalue weighted by Gasteiger charge is 2.20. The van der Waals surface area contributed by atoms with Gasteiger partial charge in [-0.1, -0.05) is 29.8 Å². The summed E-state index contributed by atoms with van der Waals surface area (Å²) in [6.07, 6.45) is 0.643. The average molecular weight is 354 g/mol. The van der Waals surface area contributed by atoms with E-state index in [1.165, 1.54) is 4.57 Å². The van der Waals surface area contributed by atoms with Gasteiger partial charge in [0.05, 0.1) is 12.6 Å². The van der Waals surface area contributed by atoms with E-state index in [0.29, 0.717) is 24.1 Å². The molecule has 0 aliphatic heterocycles.